The molecule has 1 saturated heterocycles. The van der Waals surface area contributed by atoms with E-state index in [0.29, 0.717) is 33.0 Å². The van der Waals surface area contributed by atoms with Gasteiger partial charge in [-0.1, -0.05) is 153 Å². The topological polar surface area (TPSA) is 46.2 Å². The Morgan fingerprint density at radius 2 is 1.13 bits per heavy atom. The van der Waals surface area contributed by atoms with Crippen molar-refractivity contribution in [3.63, 3.8) is 0 Å². The molecule has 5 rings (SSSR count). The standard InChI is InChI=1S/C40H48O5SSi/c1-31(30-47(2,3)4)25-42-39-38(44-28-34-21-13-7-14-22-34)37(43-27-33-19-11-6-12-20-33)36(29-41-26-32-17-9-5-10-18-32)45-40(39)46-35-23-15-8-16-24-35/h5-24,36-40H,1,25-30H2,2-4H3/t36-,37-,38+,39+,40-/m1/s1. The number of rotatable bonds is 17. The van der Waals surface area contributed by atoms with Crippen LogP contribution in [-0.4, -0.2) is 51.1 Å². The summed E-state index contributed by atoms with van der Waals surface area (Å²) in [7, 11) is -1.37. The molecule has 1 fully saturated rings. The van der Waals surface area contributed by atoms with E-state index in [1.807, 2.05) is 72.8 Å². The summed E-state index contributed by atoms with van der Waals surface area (Å²) >= 11 is 1.65. The van der Waals surface area contributed by atoms with Crippen LogP contribution < -0.4 is 0 Å². The van der Waals surface area contributed by atoms with Crippen LogP contribution in [0.4, 0.5) is 0 Å². The summed E-state index contributed by atoms with van der Waals surface area (Å²) in [5, 5.41) is 0. The zero-order valence-corrected chi connectivity index (χ0v) is 29.6. The highest BCUT2D eigenvalue weighted by Gasteiger charge is 2.49. The van der Waals surface area contributed by atoms with E-state index in [-0.39, 0.29) is 5.44 Å². The van der Waals surface area contributed by atoms with Crippen LogP contribution in [-0.2, 0) is 43.5 Å². The number of thioether (sulfide) groups is 1. The van der Waals surface area contributed by atoms with Gasteiger partial charge in [0, 0.05) is 13.0 Å². The van der Waals surface area contributed by atoms with Crippen LogP contribution in [0.15, 0.2) is 138 Å². The van der Waals surface area contributed by atoms with Crippen molar-refractivity contribution in [2.75, 3.05) is 13.2 Å². The summed E-state index contributed by atoms with van der Waals surface area (Å²) in [5.74, 6) is 0. The lowest BCUT2D eigenvalue weighted by molar-refractivity contribution is -0.251. The van der Waals surface area contributed by atoms with Crippen molar-refractivity contribution in [3.05, 3.63) is 150 Å². The number of hydrogen-bond acceptors (Lipinski definition) is 6. The largest absolute Gasteiger partial charge is 0.374 e. The van der Waals surface area contributed by atoms with Crippen LogP contribution >= 0.6 is 11.8 Å². The lowest BCUT2D eigenvalue weighted by Gasteiger charge is -2.46. The van der Waals surface area contributed by atoms with Gasteiger partial charge in [-0.15, -0.1) is 0 Å². The summed E-state index contributed by atoms with van der Waals surface area (Å²) in [6.07, 6.45) is -1.70. The molecule has 0 amide bonds. The van der Waals surface area contributed by atoms with Gasteiger partial charge in [0.25, 0.3) is 0 Å². The van der Waals surface area contributed by atoms with Crippen molar-refractivity contribution >= 4 is 19.8 Å². The van der Waals surface area contributed by atoms with Gasteiger partial charge < -0.3 is 23.7 Å². The van der Waals surface area contributed by atoms with E-state index in [1.54, 1.807) is 11.8 Å². The maximum absolute atomic E-state index is 6.94. The van der Waals surface area contributed by atoms with Crippen molar-refractivity contribution in [1.29, 1.82) is 0 Å². The molecule has 4 aromatic rings. The highest BCUT2D eigenvalue weighted by Crippen LogP contribution is 2.38. The first kappa shape index (κ1) is 35.3. The van der Waals surface area contributed by atoms with Crippen molar-refractivity contribution in [1.82, 2.24) is 0 Å². The van der Waals surface area contributed by atoms with Crippen LogP contribution in [0.3, 0.4) is 0 Å². The monoisotopic (exact) mass is 668 g/mol. The van der Waals surface area contributed by atoms with Crippen LogP contribution in [0, 0.1) is 0 Å². The molecule has 5 atom stereocenters. The highest BCUT2D eigenvalue weighted by atomic mass is 32.2. The van der Waals surface area contributed by atoms with E-state index in [2.05, 4.69) is 74.8 Å². The van der Waals surface area contributed by atoms with Gasteiger partial charge in [0.15, 0.2) is 0 Å². The maximum atomic E-state index is 6.94. The van der Waals surface area contributed by atoms with Gasteiger partial charge in [0.05, 0.1) is 33.0 Å². The van der Waals surface area contributed by atoms with Crippen LogP contribution in [0.5, 0.6) is 0 Å². The smallest absolute Gasteiger partial charge is 0.137 e. The first-order valence-corrected chi connectivity index (χ1v) is 21.0. The molecule has 0 bridgehead atoms. The lowest BCUT2D eigenvalue weighted by Crippen LogP contribution is -2.60. The summed E-state index contributed by atoms with van der Waals surface area (Å²) in [5.41, 5.74) is 4.02. The Morgan fingerprint density at radius 3 is 1.66 bits per heavy atom. The molecule has 0 saturated carbocycles. The zero-order valence-electron chi connectivity index (χ0n) is 27.8. The van der Waals surface area contributed by atoms with Gasteiger partial charge in [-0.05, 0) is 34.9 Å². The van der Waals surface area contributed by atoms with E-state index in [0.717, 1.165) is 33.2 Å². The molecule has 1 aliphatic rings. The van der Waals surface area contributed by atoms with E-state index < -0.39 is 32.5 Å². The molecule has 0 radical (unpaired) electrons. The molecule has 1 aliphatic heterocycles. The molecule has 47 heavy (non-hydrogen) atoms. The third-order valence-corrected chi connectivity index (χ3v) is 10.5. The SMILES string of the molecule is C=C(CO[C@H]1[C@@H](OCc2ccccc2)[C@H](OCc2ccccc2)[C@@H](COCc2ccccc2)O[C@@H]1Sc1ccccc1)C[Si](C)(C)C. The summed E-state index contributed by atoms with van der Waals surface area (Å²) < 4.78 is 33.7. The third kappa shape index (κ3) is 11.6. The Morgan fingerprint density at radius 1 is 0.638 bits per heavy atom. The maximum Gasteiger partial charge on any atom is 0.137 e. The van der Waals surface area contributed by atoms with E-state index >= 15 is 0 Å². The van der Waals surface area contributed by atoms with Gasteiger partial charge >= 0.3 is 0 Å². The van der Waals surface area contributed by atoms with Gasteiger partial charge in [-0.3, -0.25) is 0 Å². The third-order valence-electron chi connectivity index (χ3n) is 7.81. The van der Waals surface area contributed by atoms with Crippen molar-refractivity contribution in [2.45, 2.75) is 80.3 Å². The highest BCUT2D eigenvalue weighted by molar-refractivity contribution is 7.99. The Kier molecular flexibility index (Phi) is 13.5. The molecule has 248 valence electrons. The fraction of sp³-hybridized carbons (Fsp3) is 0.350. The fourth-order valence-electron chi connectivity index (χ4n) is 5.72. The minimum absolute atomic E-state index is 0.348. The normalized spacial score (nSPS) is 21.4. The molecule has 0 aromatic heterocycles. The molecule has 5 nitrogen and oxygen atoms in total. The molecule has 7 heteroatoms. The Hall–Kier alpha value is -3.01. The second-order valence-electron chi connectivity index (χ2n) is 13.3. The summed E-state index contributed by atoms with van der Waals surface area (Å²) in [6.45, 7) is 13.6. The minimum Gasteiger partial charge on any atom is -0.374 e. The van der Waals surface area contributed by atoms with Gasteiger partial charge in [-0.25, -0.2) is 0 Å². The molecule has 0 unspecified atom stereocenters. The van der Waals surface area contributed by atoms with Gasteiger partial charge in [-0.2, -0.15) is 0 Å². The van der Waals surface area contributed by atoms with Crippen LogP contribution in [0.25, 0.3) is 0 Å². The van der Waals surface area contributed by atoms with Crippen molar-refractivity contribution in [2.24, 2.45) is 0 Å². The second-order valence-corrected chi connectivity index (χ2v) is 19.9. The van der Waals surface area contributed by atoms with Gasteiger partial charge in [0.2, 0.25) is 0 Å². The van der Waals surface area contributed by atoms with Crippen LogP contribution in [0.1, 0.15) is 16.7 Å². The Balaban J connectivity index is 1.45. The predicted octanol–water partition coefficient (Wildman–Crippen LogP) is 9.17. The molecule has 0 spiro atoms. The number of hydrogen-bond donors (Lipinski definition) is 0. The second kappa shape index (κ2) is 17.9. The molecular weight excluding hydrogens is 621 g/mol. The molecule has 0 N–H and O–H groups in total. The molecule has 1 heterocycles. The predicted molar refractivity (Wildman–Crippen MR) is 194 cm³/mol. The van der Waals surface area contributed by atoms with Gasteiger partial charge in [0.1, 0.15) is 29.9 Å². The average molecular weight is 669 g/mol. The molecule has 0 aliphatic carbocycles. The summed E-state index contributed by atoms with van der Waals surface area (Å²) in [4.78, 5) is 1.10. The molecular formula is C40H48O5SSi. The number of benzene rings is 4. The van der Waals surface area contributed by atoms with E-state index in [4.69, 9.17) is 23.7 Å². The fourth-order valence-corrected chi connectivity index (χ4v) is 8.47. The number of ether oxygens (including phenoxy) is 5. The van der Waals surface area contributed by atoms with E-state index in [9.17, 15) is 0 Å². The first-order valence-electron chi connectivity index (χ1n) is 16.4. The first-order chi connectivity index (χ1) is 22.8. The Labute approximate surface area is 286 Å². The minimum atomic E-state index is -1.37. The van der Waals surface area contributed by atoms with Crippen LogP contribution in [0.2, 0.25) is 25.7 Å². The lowest BCUT2D eigenvalue weighted by atomic mass is 9.99. The zero-order chi connectivity index (χ0) is 32.9. The van der Waals surface area contributed by atoms with Crippen molar-refractivity contribution in [3.8, 4) is 0 Å². The molecule has 4 aromatic carbocycles. The quantitative estimate of drug-likeness (QED) is 0.0826. The van der Waals surface area contributed by atoms with Crippen molar-refractivity contribution < 1.29 is 23.7 Å². The Bertz CT molecular complexity index is 1470. The van der Waals surface area contributed by atoms with E-state index in [1.165, 1.54) is 0 Å². The summed E-state index contributed by atoms with van der Waals surface area (Å²) in [6, 6.07) is 42.0. The average Bonchev–Trinajstić information content (AvgIpc) is 3.07.